The van der Waals surface area contributed by atoms with Gasteiger partial charge in [-0.1, -0.05) is 13.8 Å². The Hall–Kier alpha value is -1.00. The predicted octanol–water partition coefficient (Wildman–Crippen LogP) is 2.88. The zero-order valence-corrected chi connectivity index (χ0v) is 8.39. The van der Waals surface area contributed by atoms with Crippen molar-refractivity contribution in [2.75, 3.05) is 0 Å². The summed E-state index contributed by atoms with van der Waals surface area (Å²) in [6.07, 6.45) is -2.74. The molecular formula is C9H13F3N2. The lowest BCUT2D eigenvalue weighted by Gasteiger charge is -2.05. The normalized spacial score (nSPS) is 12.5. The van der Waals surface area contributed by atoms with Gasteiger partial charge in [0.25, 0.3) is 0 Å². The molecule has 5 heteroatoms. The van der Waals surface area contributed by atoms with Gasteiger partial charge in [0.1, 0.15) is 6.54 Å². The molecule has 0 atom stereocenters. The summed E-state index contributed by atoms with van der Waals surface area (Å²) in [5, 5.41) is 3.81. The van der Waals surface area contributed by atoms with Crippen molar-refractivity contribution in [3.63, 3.8) is 0 Å². The van der Waals surface area contributed by atoms with Crippen molar-refractivity contribution >= 4 is 0 Å². The van der Waals surface area contributed by atoms with Gasteiger partial charge in [0.05, 0.1) is 5.69 Å². The molecule has 1 aromatic rings. The third-order valence-corrected chi connectivity index (χ3v) is 1.95. The Bertz CT molecular complexity index is 312. The minimum absolute atomic E-state index is 0.206. The first-order valence-corrected chi connectivity index (χ1v) is 4.40. The molecule has 0 amide bonds. The van der Waals surface area contributed by atoms with E-state index in [0.29, 0.717) is 5.69 Å². The van der Waals surface area contributed by atoms with Crippen molar-refractivity contribution in [2.45, 2.75) is 39.4 Å². The molecular weight excluding hydrogens is 193 g/mol. The number of aromatic nitrogens is 2. The molecule has 1 rings (SSSR count). The van der Waals surface area contributed by atoms with Crippen LogP contribution in [0, 0.1) is 6.92 Å². The third-order valence-electron chi connectivity index (χ3n) is 1.95. The van der Waals surface area contributed by atoms with Gasteiger partial charge in [0, 0.05) is 6.20 Å². The lowest BCUT2D eigenvalue weighted by molar-refractivity contribution is -0.142. The van der Waals surface area contributed by atoms with E-state index in [0.717, 1.165) is 10.2 Å². The van der Waals surface area contributed by atoms with E-state index < -0.39 is 12.7 Å². The monoisotopic (exact) mass is 206 g/mol. The number of alkyl halides is 3. The summed E-state index contributed by atoms with van der Waals surface area (Å²) in [5.74, 6) is 0.206. The largest absolute Gasteiger partial charge is 0.408 e. The molecule has 1 heterocycles. The molecule has 0 spiro atoms. The van der Waals surface area contributed by atoms with Crippen LogP contribution in [0.4, 0.5) is 13.2 Å². The van der Waals surface area contributed by atoms with Crippen LogP contribution in [-0.4, -0.2) is 16.0 Å². The molecule has 0 saturated heterocycles. The predicted molar refractivity (Wildman–Crippen MR) is 47.1 cm³/mol. The number of rotatable bonds is 2. The quantitative estimate of drug-likeness (QED) is 0.727. The van der Waals surface area contributed by atoms with E-state index in [2.05, 4.69) is 5.10 Å². The van der Waals surface area contributed by atoms with Crippen molar-refractivity contribution in [3.05, 3.63) is 17.5 Å². The molecule has 0 aromatic carbocycles. The summed E-state index contributed by atoms with van der Waals surface area (Å²) in [7, 11) is 0. The first-order valence-electron chi connectivity index (χ1n) is 4.40. The lowest BCUT2D eigenvalue weighted by Crippen LogP contribution is -2.18. The fraction of sp³-hybridized carbons (Fsp3) is 0.667. The van der Waals surface area contributed by atoms with Gasteiger partial charge < -0.3 is 0 Å². The maximum atomic E-state index is 12.0. The Morgan fingerprint density at radius 3 is 2.36 bits per heavy atom. The Labute approximate surface area is 80.7 Å². The first kappa shape index (κ1) is 11.1. The van der Waals surface area contributed by atoms with Crippen LogP contribution in [-0.2, 0) is 6.54 Å². The summed E-state index contributed by atoms with van der Waals surface area (Å²) in [5.41, 5.74) is 1.54. The van der Waals surface area contributed by atoms with Gasteiger partial charge in [-0.3, -0.25) is 4.68 Å². The van der Waals surface area contributed by atoms with Gasteiger partial charge in [0.15, 0.2) is 0 Å². The minimum Gasteiger partial charge on any atom is -0.263 e. The molecule has 1 aromatic heterocycles. The molecule has 2 nitrogen and oxygen atoms in total. The minimum atomic E-state index is -4.20. The molecule has 80 valence electrons. The van der Waals surface area contributed by atoms with Crippen LogP contribution < -0.4 is 0 Å². The van der Waals surface area contributed by atoms with Gasteiger partial charge in [-0.05, 0) is 18.4 Å². The SMILES string of the molecule is Cc1nn(CC(F)(F)F)cc1C(C)C. The molecule has 0 aliphatic rings. The highest BCUT2D eigenvalue weighted by Gasteiger charge is 2.28. The van der Waals surface area contributed by atoms with E-state index in [9.17, 15) is 13.2 Å². The summed E-state index contributed by atoms with van der Waals surface area (Å²) < 4.78 is 37.0. The fourth-order valence-corrected chi connectivity index (χ4v) is 1.36. The number of aryl methyl sites for hydroxylation is 1. The Kier molecular flexibility index (Phi) is 2.87. The van der Waals surface area contributed by atoms with E-state index in [1.54, 1.807) is 6.92 Å². The van der Waals surface area contributed by atoms with E-state index in [-0.39, 0.29) is 5.92 Å². The van der Waals surface area contributed by atoms with Crippen molar-refractivity contribution in [3.8, 4) is 0 Å². The maximum absolute atomic E-state index is 12.0. The second kappa shape index (κ2) is 3.63. The van der Waals surface area contributed by atoms with E-state index in [4.69, 9.17) is 0 Å². The molecule has 14 heavy (non-hydrogen) atoms. The standard InChI is InChI=1S/C9H13F3N2/c1-6(2)8-4-14(13-7(8)3)5-9(10,11)12/h4,6H,5H2,1-3H3. The molecule has 0 aliphatic heterocycles. The average molecular weight is 206 g/mol. The van der Waals surface area contributed by atoms with Crippen LogP contribution in [0.25, 0.3) is 0 Å². The van der Waals surface area contributed by atoms with Crippen LogP contribution in [0.2, 0.25) is 0 Å². The van der Waals surface area contributed by atoms with E-state index in [1.807, 2.05) is 13.8 Å². The van der Waals surface area contributed by atoms with Gasteiger partial charge in [-0.15, -0.1) is 0 Å². The average Bonchev–Trinajstić information content (AvgIpc) is 2.26. The van der Waals surface area contributed by atoms with E-state index >= 15 is 0 Å². The number of hydrogen-bond acceptors (Lipinski definition) is 1. The van der Waals surface area contributed by atoms with Gasteiger partial charge in [-0.2, -0.15) is 18.3 Å². The third kappa shape index (κ3) is 2.75. The molecule has 0 aliphatic carbocycles. The lowest BCUT2D eigenvalue weighted by atomic mass is 10.1. The maximum Gasteiger partial charge on any atom is 0.408 e. The second-order valence-corrected chi connectivity index (χ2v) is 3.64. The molecule has 0 N–H and O–H groups in total. The zero-order valence-electron chi connectivity index (χ0n) is 8.39. The van der Waals surface area contributed by atoms with Gasteiger partial charge in [0.2, 0.25) is 0 Å². The van der Waals surface area contributed by atoms with Gasteiger partial charge >= 0.3 is 6.18 Å². The molecule has 0 bridgehead atoms. The number of nitrogens with zero attached hydrogens (tertiary/aromatic N) is 2. The van der Waals surface area contributed by atoms with Gasteiger partial charge in [-0.25, -0.2) is 0 Å². The first-order chi connectivity index (χ1) is 6.29. The molecule has 0 radical (unpaired) electrons. The molecule has 0 fully saturated rings. The summed E-state index contributed by atoms with van der Waals surface area (Å²) in [6, 6.07) is 0. The Morgan fingerprint density at radius 1 is 1.43 bits per heavy atom. The fourth-order valence-electron chi connectivity index (χ4n) is 1.36. The van der Waals surface area contributed by atoms with Crippen molar-refractivity contribution in [2.24, 2.45) is 0 Å². The van der Waals surface area contributed by atoms with Crippen LogP contribution in [0.5, 0.6) is 0 Å². The van der Waals surface area contributed by atoms with Crippen LogP contribution in [0.1, 0.15) is 31.0 Å². The van der Waals surface area contributed by atoms with E-state index in [1.165, 1.54) is 6.20 Å². The highest BCUT2D eigenvalue weighted by atomic mass is 19.4. The number of halogens is 3. The molecule has 0 saturated carbocycles. The summed E-state index contributed by atoms with van der Waals surface area (Å²) in [6.45, 7) is 4.58. The smallest absolute Gasteiger partial charge is 0.263 e. The van der Waals surface area contributed by atoms with Crippen LogP contribution in [0.3, 0.4) is 0 Å². The van der Waals surface area contributed by atoms with Crippen LogP contribution in [0.15, 0.2) is 6.20 Å². The summed E-state index contributed by atoms with van der Waals surface area (Å²) >= 11 is 0. The van der Waals surface area contributed by atoms with Crippen molar-refractivity contribution in [1.82, 2.24) is 9.78 Å². The summed E-state index contributed by atoms with van der Waals surface area (Å²) in [4.78, 5) is 0. The zero-order chi connectivity index (χ0) is 10.9. The highest BCUT2D eigenvalue weighted by Crippen LogP contribution is 2.21. The second-order valence-electron chi connectivity index (χ2n) is 3.64. The van der Waals surface area contributed by atoms with Crippen molar-refractivity contribution < 1.29 is 13.2 Å². The van der Waals surface area contributed by atoms with Crippen LogP contribution >= 0.6 is 0 Å². The Morgan fingerprint density at radius 2 is 2.00 bits per heavy atom. The topological polar surface area (TPSA) is 17.8 Å². The number of hydrogen-bond donors (Lipinski definition) is 0. The Balaban J connectivity index is 2.86. The molecule has 0 unspecified atom stereocenters. The highest BCUT2D eigenvalue weighted by molar-refractivity contribution is 5.19. The van der Waals surface area contributed by atoms with Crippen molar-refractivity contribution in [1.29, 1.82) is 0 Å².